The van der Waals surface area contributed by atoms with E-state index in [-0.39, 0.29) is 5.56 Å². The number of aromatic nitrogens is 4. The maximum absolute atomic E-state index is 11.9. The molecular formula is C15H21N5O2S. The van der Waals surface area contributed by atoms with Gasteiger partial charge in [0.2, 0.25) is 5.13 Å². The molecule has 1 saturated heterocycles. The Bertz CT molecular complexity index is 706. The number of aryl methyl sites for hydroxylation is 1. The Morgan fingerprint density at radius 3 is 2.83 bits per heavy atom. The van der Waals surface area contributed by atoms with E-state index in [0.29, 0.717) is 19.1 Å². The van der Waals surface area contributed by atoms with E-state index < -0.39 is 0 Å². The van der Waals surface area contributed by atoms with E-state index >= 15 is 0 Å². The first-order valence-electron chi connectivity index (χ1n) is 7.76. The molecule has 0 atom stereocenters. The molecule has 3 rings (SSSR count). The van der Waals surface area contributed by atoms with E-state index in [1.54, 1.807) is 35.3 Å². The van der Waals surface area contributed by atoms with Crippen LogP contribution < -0.4 is 10.5 Å². The molecule has 8 heteroatoms. The van der Waals surface area contributed by atoms with Crippen LogP contribution >= 0.6 is 11.3 Å². The van der Waals surface area contributed by atoms with Crippen molar-refractivity contribution in [2.75, 3.05) is 25.1 Å². The van der Waals surface area contributed by atoms with Crippen LogP contribution in [0.4, 0.5) is 5.13 Å². The molecule has 2 aromatic rings. The van der Waals surface area contributed by atoms with Crippen molar-refractivity contribution in [3.63, 3.8) is 0 Å². The van der Waals surface area contributed by atoms with Crippen molar-refractivity contribution in [1.82, 2.24) is 20.0 Å². The molecule has 3 heterocycles. The second-order valence-electron chi connectivity index (χ2n) is 5.84. The van der Waals surface area contributed by atoms with E-state index in [2.05, 4.69) is 20.2 Å². The van der Waals surface area contributed by atoms with Gasteiger partial charge in [-0.25, -0.2) is 4.68 Å². The summed E-state index contributed by atoms with van der Waals surface area (Å²) in [6.07, 6.45) is 2.06. The summed E-state index contributed by atoms with van der Waals surface area (Å²) in [4.78, 5) is 14.1. The highest BCUT2D eigenvalue weighted by atomic mass is 32.1. The highest BCUT2D eigenvalue weighted by molar-refractivity contribution is 7.15. The summed E-state index contributed by atoms with van der Waals surface area (Å²) in [5, 5.41) is 14.6. The Kier molecular flexibility index (Phi) is 5.02. The van der Waals surface area contributed by atoms with Crippen molar-refractivity contribution in [1.29, 1.82) is 0 Å². The van der Waals surface area contributed by atoms with Crippen LogP contribution in [0.25, 0.3) is 0 Å². The lowest BCUT2D eigenvalue weighted by molar-refractivity contribution is 0.184. The maximum Gasteiger partial charge on any atom is 0.266 e. The number of hydrogen-bond acceptors (Lipinski definition) is 7. The molecule has 0 aliphatic carbocycles. The summed E-state index contributed by atoms with van der Waals surface area (Å²) < 4.78 is 6.68. The highest BCUT2D eigenvalue weighted by Crippen LogP contribution is 2.26. The first kappa shape index (κ1) is 16.1. The summed E-state index contributed by atoms with van der Waals surface area (Å²) in [6, 6.07) is 3.35. The highest BCUT2D eigenvalue weighted by Gasteiger charge is 2.22. The van der Waals surface area contributed by atoms with Crippen molar-refractivity contribution in [2.24, 2.45) is 5.92 Å². The lowest BCUT2D eigenvalue weighted by Gasteiger charge is -2.31. The van der Waals surface area contributed by atoms with Crippen LogP contribution in [0.3, 0.4) is 0 Å². The SMILES string of the molecule is COCc1nnc(N2CCC(Cn3nc(C)ccc3=O)CC2)s1. The average molecular weight is 335 g/mol. The first-order valence-corrected chi connectivity index (χ1v) is 8.58. The minimum atomic E-state index is -0.0219. The molecule has 0 spiro atoms. The fraction of sp³-hybridized carbons (Fsp3) is 0.600. The molecule has 0 aromatic carbocycles. The minimum Gasteiger partial charge on any atom is -0.377 e. The lowest BCUT2D eigenvalue weighted by atomic mass is 9.97. The number of methoxy groups -OCH3 is 1. The Balaban J connectivity index is 1.57. The fourth-order valence-electron chi connectivity index (χ4n) is 2.79. The smallest absolute Gasteiger partial charge is 0.266 e. The van der Waals surface area contributed by atoms with Gasteiger partial charge >= 0.3 is 0 Å². The van der Waals surface area contributed by atoms with E-state index in [9.17, 15) is 4.79 Å². The first-order chi connectivity index (χ1) is 11.2. The van der Waals surface area contributed by atoms with Crippen molar-refractivity contribution in [2.45, 2.75) is 32.9 Å². The second kappa shape index (κ2) is 7.18. The normalized spacial score (nSPS) is 16.0. The van der Waals surface area contributed by atoms with E-state index in [1.165, 1.54) is 0 Å². The topological polar surface area (TPSA) is 73.1 Å². The van der Waals surface area contributed by atoms with Gasteiger partial charge in [0, 0.05) is 32.8 Å². The standard InChI is InChI=1S/C15H21N5O2S/c1-11-3-4-14(21)20(18-11)9-12-5-7-19(8-6-12)15-17-16-13(23-15)10-22-2/h3-4,12H,5-10H2,1-2H3. The minimum absolute atomic E-state index is 0.0219. The third-order valence-electron chi connectivity index (χ3n) is 4.04. The van der Waals surface area contributed by atoms with Gasteiger partial charge < -0.3 is 9.64 Å². The molecule has 23 heavy (non-hydrogen) atoms. The quantitative estimate of drug-likeness (QED) is 0.824. The zero-order chi connectivity index (χ0) is 16.2. The molecule has 0 N–H and O–H groups in total. The summed E-state index contributed by atoms with van der Waals surface area (Å²) in [5.41, 5.74) is 0.855. The van der Waals surface area contributed by atoms with Gasteiger partial charge in [-0.3, -0.25) is 4.79 Å². The van der Waals surface area contributed by atoms with Crippen LogP contribution in [0.15, 0.2) is 16.9 Å². The van der Waals surface area contributed by atoms with Crippen LogP contribution in [0.2, 0.25) is 0 Å². The van der Waals surface area contributed by atoms with Gasteiger partial charge in [0.15, 0.2) is 0 Å². The van der Waals surface area contributed by atoms with Gasteiger partial charge in [-0.2, -0.15) is 5.10 Å². The Hall–Kier alpha value is -1.80. The molecule has 1 fully saturated rings. The van der Waals surface area contributed by atoms with Crippen LogP contribution in [0.5, 0.6) is 0 Å². The van der Waals surface area contributed by atoms with Crippen LogP contribution in [0.1, 0.15) is 23.5 Å². The number of hydrogen-bond donors (Lipinski definition) is 0. The number of anilines is 1. The van der Waals surface area contributed by atoms with E-state index in [4.69, 9.17) is 4.74 Å². The predicted molar refractivity (Wildman–Crippen MR) is 88.8 cm³/mol. The molecule has 0 unspecified atom stereocenters. The zero-order valence-electron chi connectivity index (χ0n) is 13.4. The third kappa shape index (κ3) is 3.94. The fourth-order valence-corrected chi connectivity index (χ4v) is 3.65. The van der Waals surface area contributed by atoms with Crippen LogP contribution in [-0.2, 0) is 17.9 Å². The summed E-state index contributed by atoms with van der Waals surface area (Å²) in [5.74, 6) is 0.476. The molecule has 1 aliphatic heterocycles. The lowest BCUT2D eigenvalue weighted by Crippen LogP contribution is -2.36. The maximum atomic E-state index is 11.9. The van der Waals surface area contributed by atoms with Gasteiger partial charge in [0.05, 0.1) is 5.69 Å². The largest absolute Gasteiger partial charge is 0.377 e. The third-order valence-corrected chi connectivity index (χ3v) is 5.00. The van der Waals surface area contributed by atoms with Crippen LogP contribution in [-0.4, -0.2) is 40.2 Å². The monoisotopic (exact) mass is 335 g/mol. The van der Waals surface area contributed by atoms with Crippen molar-refractivity contribution < 1.29 is 4.74 Å². The molecular weight excluding hydrogens is 314 g/mol. The summed E-state index contributed by atoms with van der Waals surface area (Å²) >= 11 is 1.58. The molecule has 0 saturated carbocycles. The van der Waals surface area contributed by atoms with E-state index in [1.807, 2.05) is 6.92 Å². The number of ether oxygens (including phenoxy) is 1. The second-order valence-corrected chi connectivity index (χ2v) is 6.88. The summed E-state index contributed by atoms with van der Waals surface area (Å²) in [7, 11) is 1.66. The number of nitrogens with zero attached hydrogens (tertiary/aromatic N) is 5. The molecule has 1 aliphatic rings. The molecule has 0 amide bonds. The molecule has 2 aromatic heterocycles. The van der Waals surface area contributed by atoms with Gasteiger partial charge in [0.1, 0.15) is 11.6 Å². The van der Waals surface area contributed by atoms with Crippen LogP contribution in [0, 0.1) is 12.8 Å². The van der Waals surface area contributed by atoms with Gasteiger partial charge in [0.25, 0.3) is 5.56 Å². The summed E-state index contributed by atoms with van der Waals surface area (Å²) in [6.45, 7) is 4.99. The zero-order valence-corrected chi connectivity index (χ0v) is 14.3. The number of rotatable bonds is 5. The molecule has 7 nitrogen and oxygen atoms in total. The molecule has 0 bridgehead atoms. The van der Waals surface area contributed by atoms with E-state index in [0.717, 1.165) is 41.8 Å². The van der Waals surface area contributed by atoms with Crippen molar-refractivity contribution in [3.8, 4) is 0 Å². The molecule has 124 valence electrons. The van der Waals surface area contributed by atoms with Gasteiger partial charge in [-0.15, -0.1) is 10.2 Å². The Morgan fingerprint density at radius 2 is 2.09 bits per heavy atom. The van der Waals surface area contributed by atoms with Crippen molar-refractivity contribution >= 4 is 16.5 Å². The Labute approximate surface area is 138 Å². The Morgan fingerprint density at radius 1 is 1.30 bits per heavy atom. The van der Waals surface area contributed by atoms with Gasteiger partial charge in [-0.1, -0.05) is 11.3 Å². The number of piperidine rings is 1. The van der Waals surface area contributed by atoms with Crippen molar-refractivity contribution in [3.05, 3.63) is 33.2 Å². The van der Waals surface area contributed by atoms with Gasteiger partial charge in [-0.05, 0) is 31.7 Å². The molecule has 0 radical (unpaired) electrons. The average Bonchev–Trinajstić information content (AvgIpc) is 3.01. The predicted octanol–water partition coefficient (Wildman–Crippen LogP) is 1.47.